The van der Waals surface area contributed by atoms with Crippen molar-refractivity contribution < 1.29 is 33.3 Å². The molecule has 1 aromatic carbocycles. The van der Waals surface area contributed by atoms with Crippen molar-refractivity contribution in [2.75, 3.05) is 41.2 Å². The number of Topliss-reactive ketones (excluding diaryl/α,β-unsaturated/α-hetero) is 1. The zero-order valence-electron chi connectivity index (χ0n) is 21.8. The lowest BCUT2D eigenvalue weighted by molar-refractivity contribution is -0.140. The number of methoxy groups -OCH3 is 3. The van der Waals surface area contributed by atoms with Crippen LogP contribution in [0.1, 0.15) is 49.0 Å². The summed E-state index contributed by atoms with van der Waals surface area (Å²) in [4.78, 5) is 28.4. The molecule has 0 saturated heterocycles. The minimum Gasteiger partial charge on any atom is -0.496 e. The highest BCUT2D eigenvalue weighted by Crippen LogP contribution is 2.50. The maximum Gasteiger partial charge on any atom is 0.336 e. The Hall–Kier alpha value is -3.30. The Morgan fingerprint density at radius 1 is 1.05 bits per heavy atom. The minimum atomic E-state index is -0.692. The molecule has 0 bridgehead atoms. The van der Waals surface area contributed by atoms with Crippen molar-refractivity contribution in [1.29, 1.82) is 0 Å². The lowest BCUT2D eigenvalue weighted by Gasteiger charge is -2.37. The van der Waals surface area contributed by atoms with E-state index >= 15 is 0 Å². The number of hydrogen-bond acceptors (Lipinski definition) is 9. The van der Waals surface area contributed by atoms with E-state index in [2.05, 4.69) is 11.4 Å². The van der Waals surface area contributed by atoms with E-state index in [9.17, 15) is 9.59 Å². The van der Waals surface area contributed by atoms with Gasteiger partial charge >= 0.3 is 5.97 Å². The smallest absolute Gasteiger partial charge is 0.336 e. The molecule has 2 aromatic rings. The normalized spacial score (nSPS) is 19.3. The molecule has 8 nitrogen and oxygen atoms in total. The number of nitrogens with one attached hydrogen (secondary N) is 1. The first-order chi connectivity index (χ1) is 17.9. The van der Waals surface area contributed by atoms with Crippen LogP contribution in [0, 0.1) is 0 Å². The van der Waals surface area contributed by atoms with Gasteiger partial charge in [0.15, 0.2) is 17.3 Å². The van der Waals surface area contributed by atoms with Gasteiger partial charge in [-0.05, 0) is 37.8 Å². The summed E-state index contributed by atoms with van der Waals surface area (Å²) in [7, 11) is 4.64. The monoisotopic (exact) mass is 527 g/mol. The van der Waals surface area contributed by atoms with E-state index in [4.69, 9.17) is 23.7 Å². The average Bonchev–Trinajstić information content (AvgIpc) is 3.44. The van der Waals surface area contributed by atoms with Crippen LogP contribution < -0.4 is 19.5 Å². The van der Waals surface area contributed by atoms with Gasteiger partial charge in [-0.1, -0.05) is 6.07 Å². The number of carbonyl (C=O) groups is 2. The number of dihydropyridines is 1. The number of hydrogen-bond donors (Lipinski definition) is 1. The van der Waals surface area contributed by atoms with Crippen LogP contribution >= 0.6 is 11.3 Å². The van der Waals surface area contributed by atoms with Crippen LogP contribution in [0.2, 0.25) is 0 Å². The highest BCUT2D eigenvalue weighted by molar-refractivity contribution is 7.10. The molecule has 198 valence electrons. The van der Waals surface area contributed by atoms with Gasteiger partial charge < -0.3 is 29.0 Å². The van der Waals surface area contributed by atoms with Crippen molar-refractivity contribution in [3.05, 3.63) is 62.6 Å². The molecule has 1 aliphatic carbocycles. The number of ketones is 1. The molecule has 0 fully saturated rings. The van der Waals surface area contributed by atoms with Gasteiger partial charge in [0.1, 0.15) is 12.4 Å². The zero-order valence-corrected chi connectivity index (χ0v) is 22.7. The Labute approximate surface area is 221 Å². The Balaban J connectivity index is 1.83. The van der Waals surface area contributed by atoms with Gasteiger partial charge in [0.25, 0.3) is 0 Å². The summed E-state index contributed by atoms with van der Waals surface area (Å²) in [6.45, 7) is 4.65. The molecule has 1 aliphatic heterocycles. The van der Waals surface area contributed by atoms with Crippen molar-refractivity contribution in [2.24, 2.45) is 0 Å². The van der Waals surface area contributed by atoms with Crippen LogP contribution in [-0.4, -0.2) is 52.9 Å². The molecule has 2 heterocycles. The topological polar surface area (TPSA) is 92.3 Å². The largest absolute Gasteiger partial charge is 0.496 e. The molecule has 0 amide bonds. The fraction of sp³-hybridized carbons (Fsp3) is 0.429. The van der Waals surface area contributed by atoms with Crippen LogP contribution in [0.5, 0.6) is 17.2 Å². The number of rotatable bonds is 10. The number of ether oxygens (including phenoxy) is 5. The standard InChI is InChI=1S/C28H33NO7S/c1-6-35-9-10-36-28(31)25-16(2)29-19-12-17(24-8-7-11-37-24)13-20(30)27(19)26(25)18-14-22(33-4)23(34-5)15-21(18)32-3/h7-8,11,14-15,17,26,29H,6,9-10,12-13H2,1-5H3/t17-,26+/m0/s1. The van der Waals surface area contributed by atoms with Gasteiger partial charge in [-0.3, -0.25) is 4.79 Å². The minimum absolute atomic E-state index is 0.0129. The van der Waals surface area contributed by atoms with Crippen molar-refractivity contribution in [3.8, 4) is 17.2 Å². The Kier molecular flexibility index (Phi) is 8.56. The van der Waals surface area contributed by atoms with Gasteiger partial charge in [-0.15, -0.1) is 11.3 Å². The second-order valence-corrected chi connectivity index (χ2v) is 9.79. The van der Waals surface area contributed by atoms with Crippen molar-refractivity contribution in [3.63, 3.8) is 0 Å². The molecule has 9 heteroatoms. The number of thiophene rings is 1. The molecular formula is C28H33NO7S. The van der Waals surface area contributed by atoms with E-state index in [-0.39, 0.29) is 18.3 Å². The first-order valence-corrected chi connectivity index (χ1v) is 13.1. The summed E-state index contributed by atoms with van der Waals surface area (Å²) in [6, 6.07) is 7.56. The first-order valence-electron chi connectivity index (χ1n) is 12.3. The van der Waals surface area contributed by atoms with E-state index in [1.165, 1.54) is 4.88 Å². The van der Waals surface area contributed by atoms with E-state index in [1.807, 2.05) is 25.3 Å². The van der Waals surface area contributed by atoms with E-state index in [1.54, 1.807) is 44.8 Å². The molecule has 0 saturated carbocycles. The number of esters is 1. The number of allylic oxidation sites excluding steroid dienone is 3. The summed E-state index contributed by atoms with van der Waals surface area (Å²) < 4.78 is 27.7. The Morgan fingerprint density at radius 3 is 2.43 bits per heavy atom. The molecule has 1 aromatic heterocycles. The second-order valence-electron chi connectivity index (χ2n) is 8.81. The summed E-state index contributed by atoms with van der Waals surface area (Å²) in [5, 5.41) is 5.40. The third-order valence-corrected chi connectivity index (χ3v) is 7.74. The third kappa shape index (κ3) is 5.38. The molecule has 2 aliphatic rings. The fourth-order valence-corrected chi connectivity index (χ4v) is 5.87. The maximum absolute atomic E-state index is 13.8. The van der Waals surface area contributed by atoms with E-state index in [0.717, 1.165) is 5.70 Å². The predicted molar refractivity (Wildman–Crippen MR) is 140 cm³/mol. The van der Waals surface area contributed by atoms with Gasteiger partial charge in [-0.25, -0.2) is 4.79 Å². The van der Waals surface area contributed by atoms with Crippen LogP contribution in [0.15, 0.2) is 52.2 Å². The number of carbonyl (C=O) groups excluding carboxylic acids is 2. The predicted octanol–water partition coefficient (Wildman–Crippen LogP) is 4.72. The van der Waals surface area contributed by atoms with Gasteiger partial charge in [-0.2, -0.15) is 0 Å². The number of benzene rings is 1. The average molecular weight is 528 g/mol. The van der Waals surface area contributed by atoms with Crippen molar-refractivity contribution in [2.45, 2.75) is 38.5 Å². The van der Waals surface area contributed by atoms with Crippen LogP contribution in [0.3, 0.4) is 0 Å². The Bertz CT molecular complexity index is 1220. The summed E-state index contributed by atoms with van der Waals surface area (Å²) in [5.41, 5.74) is 3.01. The summed E-state index contributed by atoms with van der Waals surface area (Å²) >= 11 is 1.65. The third-order valence-electron chi connectivity index (χ3n) is 6.70. The molecule has 0 spiro atoms. The van der Waals surface area contributed by atoms with Gasteiger partial charge in [0.2, 0.25) is 0 Å². The second kappa shape index (κ2) is 11.8. The van der Waals surface area contributed by atoms with Crippen molar-refractivity contribution >= 4 is 23.1 Å². The molecule has 0 radical (unpaired) electrons. The molecule has 2 atom stereocenters. The summed E-state index contributed by atoms with van der Waals surface area (Å²) in [5.74, 6) is 0.312. The van der Waals surface area contributed by atoms with Crippen LogP contribution in [0.25, 0.3) is 0 Å². The molecule has 37 heavy (non-hydrogen) atoms. The Morgan fingerprint density at radius 2 is 1.78 bits per heavy atom. The molecular weight excluding hydrogens is 494 g/mol. The zero-order chi connectivity index (χ0) is 26.5. The molecule has 1 N–H and O–H groups in total. The van der Waals surface area contributed by atoms with E-state index in [0.29, 0.717) is 65.7 Å². The quantitative estimate of drug-likeness (QED) is 0.351. The first kappa shape index (κ1) is 26.8. The SMILES string of the molecule is CCOCCOC(=O)C1=C(C)NC2=C(C(=O)C[C@@H](c3cccs3)C2)[C@@H]1c1cc(OC)c(OC)cc1OC. The van der Waals surface area contributed by atoms with Crippen molar-refractivity contribution in [1.82, 2.24) is 5.32 Å². The highest BCUT2D eigenvalue weighted by Gasteiger charge is 2.43. The highest BCUT2D eigenvalue weighted by atomic mass is 32.1. The molecule has 4 rings (SSSR count). The fourth-order valence-electron chi connectivity index (χ4n) is 5.04. The van der Waals surface area contributed by atoms with Crippen LogP contribution in [-0.2, 0) is 19.1 Å². The lowest BCUT2D eigenvalue weighted by atomic mass is 9.72. The maximum atomic E-state index is 13.8. The van der Waals surface area contributed by atoms with Gasteiger partial charge in [0.05, 0.1) is 39.4 Å². The van der Waals surface area contributed by atoms with Crippen LogP contribution in [0.4, 0.5) is 0 Å². The summed E-state index contributed by atoms with van der Waals surface area (Å²) in [6.07, 6.45) is 1.02. The van der Waals surface area contributed by atoms with Gasteiger partial charge in [0, 0.05) is 52.4 Å². The lowest BCUT2D eigenvalue weighted by Crippen LogP contribution is -2.36. The molecule has 0 unspecified atom stereocenters. The van der Waals surface area contributed by atoms with E-state index < -0.39 is 11.9 Å².